The van der Waals surface area contributed by atoms with E-state index in [-0.39, 0.29) is 24.4 Å². The number of hydrogen-bond donors (Lipinski definition) is 1. The van der Waals surface area contributed by atoms with E-state index in [1.165, 1.54) is 0 Å². The second-order valence-corrected chi connectivity index (χ2v) is 6.27. The maximum absolute atomic E-state index is 12.9. The number of rotatable bonds is 5. The zero-order chi connectivity index (χ0) is 15.2. The summed E-state index contributed by atoms with van der Waals surface area (Å²) in [6.45, 7) is 5.94. The van der Waals surface area contributed by atoms with Crippen molar-refractivity contribution in [3.63, 3.8) is 0 Å². The number of hydrogen-bond acceptors (Lipinski definition) is 2. The molecule has 2 unspecified atom stereocenters. The lowest BCUT2D eigenvalue weighted by Gasteiger charge is -2.35. The highest BCUT2D eigenvalue weighted by molar-refractivity contribution is 5.85. The molecule has 124 valence electrons. The minimum atomic E-state index is 0. The molecule has 3 nitrogen and oxygen atoms in total. The molecule has 1 aromatic carbocycles. The van der Waals surface area contributed by atoms with Gasteiger partial charge >= 0.3 is 0 Å². The molecule has 1 aromatic rings. The van der Waals surface area contributed by atoms with Crippen LogP contribution in [0.25, 0.3) is 0 Å². The highest BCUT2D eigenvalue weighted by Crippen LogP contribution is 2.27. The molecule has 0 aromatic heterocycles. The number of benzene rings is 1. The van der Waals surface area contributed by atoms with Gasteiger partial charge in [-0.1, -0.05) is 43.7 Å². The Balaban J connectivity index is 0.00000242. The summed E-state index contributed by atoms with van der Waals surface area (Å²) in [5.74, 6) is 0.879. The van der Waals surface area contributed by atoms with Gasteiger partial charge in [-0.25, -0.2) is 0 Å². The van der Waals surface area contributed by atoms with Crippen LogP contribution in [0.3, 0.4) is 0 Å². The van der Waals surface area contributed by atoms with E-state index < -0.39 is 0 Å². The van der Waals surface area contributed by atoms with Crippen LogP contribution in [-0.2, 0) is 4.79 Å². The number of amides is 1. The molecule has 2 N–H and O–H groups in total. The number of carbonyl (C=O) groups is 1. The maximum atomic E-state index is 12.9. The predicted octanol–water partition coefficient (Wildman–Crippen LogP) is 3.58. The summed E-state index contributed by atoms with van der Waals surface area (Å²) >= 11 is 0. The molecule has 1 saturated heterocycles. The van der Waals surface area contributed by atoms with Gasteiger partial charge < -0.3 is 10.6 Å². The number of nitrogens with zero attached hydrogens (tertiary/aromatic N) is 1. The topological polar surface area (TPSA) is 46.3 Å². The van der Waals surface area contributed by atoms with Crippen LogP contribution in [0.5, 0.6) is 0 Å². The second-order valence-electron chi connectivity index (χ2n) is 6.27. The van der Waals surface area contributed by atoms with Gasteiger partial charge in [0, 0.05) is 19.1 Å². The third-order valence-corrected chi connectivity index (χ3v) is 4.67. The summed E-state index contributed by atoms with van der Waals surface area (Å²) in [6, 6.07) is 10.4. The zero-order valence-corrected chi connectivity index (χ0v) is 14.5. The van der Waals surface area contributed by atoms with E-state index in [9.17, 15) is 4.79 Å². The Morgan fingerprint density at radius 1 is 1.27 bits per heavy atom. The largest absolute Gasteiger partial charge is 0.342 e. The predicted molar refractivity (Wildman–Crippen MR) is 94.3 cm³/mol. The van der Waals surface area contributed by atoms with E-state index in [1.807, 2.05) is 23.1 Å². The summed E-state index contributed by atoms with van der Waals surface area (Å²) in [4.78, 5) is 14.9. The maximum Gasteiger partial charge on any atom is 0.230 e. The lowest BCUT2D eigenvalue weighted by molar-refractivity contribution is -0.134. The van der Waals surface area contributed by atoms with E-state index in [1.54, 1.807) is 0 Å². The molecule has 0 bridgehead atoms. The fraction of sp³-hybridized carbons (Fsp3) is 0.611. The highest BCUT2D eigenvalue weighted by atomic mass is 35.5. The molecule has 4 heteroatoms. The molecule has 1 heterocycles. The van der Waals surface area contributed by atoms with Crippen LogP contribution >= 0.6 is 12.4 Å². The van der Waals surface area contributed by atoms with E-state index in [4.69, 9.17) is 5.73 Å². The first-order valence-electron chi connectivity index (χ1n) is 8.22. The molecule has 2 atom stereocenters. The molecule has 0 radical (unpaired) electrons. The zero-order valence-electron chi connectivity index (χ0n) is 13.7. The van der Waals surface area contributed by atoms with E-state index in [2.05, 4.69) is 26.0 Å². The Hall–Kier alpha value is -1.06. The van der Waals surface area contributed by atoms with Crippen molar-refractivity contribution in [2.45, 2.75) is 51.5 Å². The smallest absolute Gasteiger partial charge is 0.230 e. The van der Waals surface area contributed by atoms with Gasteiger partial charge in [-0.15, -0.1) is 12.4 Å². The first-order chi connectivity index (χ1) is 10.1. The summed E-state index contributed by atoms with van der Waals surface area (Å²) in [5.41, 5.74) is 7.14. The highest BCUT2D eigenvalue weighted by Gasteiger charge is 2.29. The van der Waals surface area contributed by atoms with Gasteiger partial charge in [0.05, 0.1) is 5.92 Å². The fourth-order valence-electron chi connectivity index (χ4n) is 3.27. The van der Waals surface area contributed by atoms with Crippen molar-refractivity contribution in [1.29, 1.82) is 0 Å². The number of nitrogens with two attached hydrogens (primary N) is 1. The van der Waals surface area contributed by atoms with Crippen LogP contribution in [0.1, 0.15) is 51.0 Å². The van der Waals surface area contributed by atoms with Gasteiger partial charge in [0.25, 0.3) is 0 Å². The normalized spacial score (nSPS) is 18.4. The minimum absolute atomic E-state index is 0. The van der Waals surface area contributed by atoms with Gasteiger partial charge in [-0.3, -0.25) is 4.79 Å². The number of halogens is 1. The van der Waals surface area contributed by atoms with Crippen molar-refractivity contribution in [3.05, 3.63) is 35.9 Å². The van der Waals surface area contributed by atoms with Gasteiger partial charge in [0.2, 0.25) is 5.91 Å². The average Bonchev–Trinajstić information content (AvgIpc) is 2.53. The first kappa shape index (κ1) is 19.0. The third kappa shape index (κ3) is 4.72. The average molecular weight is 325 g/mol. The summed E-state index contributed by atoms with van der Waals surface area (Å²) in [5, 5.41) is 0. The molecule has 1 fully saturated rings. The molecular formula is C18H29ClN2O. The Labute approximate surface area is 140 Å². The molecule has 1 aliphatic heterocycles. The van der Waals surface area contributed by atoms with Crippen LogP contribution in [0, 0.1) is 5.92 Å². The number of piperidine rings is 1. The molecular weight excluding hydrogens is 296 g/mol. The second kappa shape index (κ2) is 9.16. The molecule has 2 rings (SSSR count). The SMILES string of the molecule is CCCC(C(=O)N1CCC(C(C)N)CC1)c1ccccc1.Cl. The Morgan fingerprint density at radius 2 is 1.86 bits per heavy atom. The Kier molecular flexibility index (Phi) is 7.91. The number of carbonyl (C=O) groups excluding carboxylic acids is 1. The lowest BCUT2D eigenvalue weighted by Crippen LogP contribution is -2.44. The fourth-order valence-corrected chi connectivity index (χ4v) is 3.27. The van der Waals surface area contributed by atoms with Crippen LogP contribution in [-0.4, -0.2) is 29.9 Å². The van der Waals surface area contributed by atoms with Crippen molar-refractivity contribution in [3.8, 4) is 0 Å². The monoisotopic (exact) mass is 324 g/mol. The van der Waals surface area contributed by atoms with E-state index in [0.29, 0.717) is 11.8 Å². The third-order valence-electron chi connectivity index (χ3n) is 4.67. The van der Waals surface area contributed by atoms with Crippen LogP contribution in [0.2, 0.25) is 0 Å². The van der Waals surface area contributed by atoms with Crippen LogP contribution in [0.15, 0.2) is 30.3 Å². The van der Waals surface area contributed by atoms with Gasteiger partial charge in [0.1, 0.15) is 0 Å². The molecule has 0 aliphatic carbocycles. The van der Waals surface area contributed by atoms with Crippen molar-refractivity contribution in [1.82, 2.24) is 4.90 Å². The lowest BCUT2D eigenvalue weighted by atomic mass is 9.88. The van der Waals surface area contributed by atoms with Crippen molar-refractivity contribution in [2.24, 2.45) is 11.7 Å². The summed E-state index contributed by atoms with van der Waals surface area (Å²) in [6.07, 6.45) is 4.03. The first-order valence-corrected chi connectivity index (χ1v) is 8.22. The molecule has 1 amide bonds. The standard InChI is InChI=1S/C18H28N2O.ClH/c1-3-7-17(16-8-5-4-6-9-16)18(21)20-12-10-15(11-13-20)14(2)19;/h4-6,8-9,14-15,17H,3,7,10-13,19H2,1-2H3;1H. The summed E-state index contributed by atoms with van der Waals surface area (Å²) < 4.78 is 0. The minimum Gasteiger partial charge on any atom is -0.342 e. The number of likely N-dealkylation sites (tertiary alicyclic amines) is 1. The van der Waals surface area contributed by atoms with E-state index in [0.717, 1.165) is 44.3 Å². The Bertz CT molecular complexity index is 442. The van der Waals surface area contributed by atoms with Crippen LogP contribution in [0.4, 0.5) is 0 Å². The van der Waals surface area contributed by atoms with E-state index >= 15 is 0 Å². The van der Waals surface area contributed by atoms with Crippen molar-refractivity contribution < 1.29 is 4.79 Å². The molecule has 22 heavy (non-hydrogen) atoms. The molecule has 0 saturated carbocycles. The quantitative estimate of drug-likeness (QED) is 0.899. The van der Waals surface area contributed by atoms with Gasteiger partial charge in [-0.2, -0.15) is 0 Å². The molecule has 0 spiro atoms. The van der Waals surface area contributed by atoms with Crippen LogP contribution < -0.4 is 5.73 Å². The van der Waals surface area contributed by atoms with Crippen molar-refractivity contribution in [2.75, 3.05) is 13.1 Å². The van der Waals surface area contributed by atoms with Crippen molar-refractivity contribution >= 4 is 18.3 Å². The molecule has 1 aliphatic rings. The van der Waals surface area contributed by atoms with Gasteiger partial charge in [0.15, 0.2) is 0 Å². The Morgan fingerprint density at radius 3 is 2.36 bits per heavy atom. The summed E-state index contributed by atoms with van der Waals surface area (Å²) in [7, 11) is 0. The van der Waals surface area contributed by atoms with Gasteiger partial charge in [-0.05, 0) is 37.7 Å².